The molecule has 2 heteroatoms. The number of hydrogen-bond acceptors (Lipinski definition) is 2. The first-order chi connectivity index (χ1) is 16.7. The van der Waals surface area contributed by atoms with Crippen LogP contribution in [0, 0.1) is 23.7 Å². The second-order valence-electron chi connectivity index (χ2n) is 7.76. The Labute approximate surface area is 197 Å². The Bertz CT molecular complexity index is 1560. The average Bonchev–Trinajstić information content (AvgIpc) is 2.90. The van der Waals surface area contributed by atoms with Crippen LogP contribution in [0.1, 0.15) is 31.8 Å². The molecule has 0 aromatic heterocycles. The lowest BCUT2D eigenvalue weighted by Gasteiger charge is -2.02. The number of rotatable bonds is 2. The van der Waals surface area contributed by atoms with E-state index >= 15 is 0 Å². The van der Waals surface area contributed by atoms with Crippen LogP contribution in [0.4, 0.5) is 0 Å². The minimum absolute atomic E-state index is 0.257. The van der Waals surface area contributed by atoms with Gasteiger partial charge >= 0.3 is 0 Å². The maximum atomic E-state index is 13.0. The van der Waals surface area contributed by atoms with Crippen LogP contribution in [-0.4, -0.2) is 11.6 Å². The second-order valence-corrected chi connectivity index (χ2v) is 7.76. The molecule has 0 aliphatic heterocycles. The number of carbonyl (C=O) groups is 2. The molecule has 0 bridgehead atoms. The normalized spacial score (nSPS) is 10.1. The van der Waals surface area contributed by atoms with E-state index < -0.39 is 11.6 Å². The first-order valence-corrected chi connectivity index (χ1v) is 10.9. The highest BCUT2D eigenvalue weighted by Crippen LogP contribution is 2.19. The van der Waals surface area contributed by atoms with Gasteiger partial charge in [-0.05, 0) is 57.7 Å². The lowest BCUT2D eigenvalue weighted by atomic mass is 9.99. The number of carbonyl (C=O) groups excluding carboxylic acids is 2. The zero-order valence-corrected chi connectivity index (χ0v) is 18.2. The summed E-state index contributed by atoms with van der Waals surface area (Å²) in [6.45, 7) is 0. The van der Waals surface area contributed by atoms with Gasteiger partial charge in [-0.25, -0.2) is 0 Å². The van der Waals surface area contributed by atoms with Crippen LogP contribution in [-0.2, 0) is 0 Å². The van der Waals surface area contributed by atoms with Gasteiger partial charge in [0.2, 0.25) is 11.6 Å². The van der Waals surface area contributed by atoms with Gasteiger partial charge in [0.05, 0.1) is 0 Å². The van der Waals surface area contributed by atoms with Gasteiger partial charge in [0.1, 0.15) is 0 Å². The highest BCUT2D eigenvalue weighted by molar-refractivity contribution is 6.20. The van der Waals surface area contributed by atoms with Crippen LogP contribution in [0.15, 0.2) is 109 Å². The van der Waals surface area contributed by atoms with E-state index in [0.717, 1.165) is 32.7 Å². The molecule has 0 aliphatic rings. The average molecular weight is 434 g/mol. The van der Waals surface area contributed by atoms with Gasteiger partial charge in [-0.1, -0.05) is 96.8 Å². The lowest BCUT2D eigenvalue weighted by molar-refractivity contribution is 0.102. The van der Waals surface area contributed by atoms with Crippen LogP contribution in [0.25, 0.3) is 21.5 Å². The van der Waals surface area contributed by atoms with Crippen LogP contribution in [0.5, 0.6) is 0 Å². The third-order valence-electron chi connectivity index (χ3n) is 5.62. The smallest absolute Gasteiger partial charge is 0.237 e. The molecule has 0 atom stereocenters. The molecule has 0 fully saturated rings. The first kappa shape index (κ1) is 21.0. The molecule has 0 spiro atoms. The molecule has 0 saturated heterocycles. The van der Waals surface area contributed by atoms with E-state index in [0.29, 0.717) is 0 Å². The summed E-state index contributed by atoms with van der Waals surface area (Å²) in [6, 6.07) is 34.1. The van der Waals surface area contributed by atoms with E-state index in [4.69, 9.17) is 0 Å². The van der Waals surface area contributed by atoms with Crippen molar-refractivity contribution in [3.05, 3.63) is 131 Å². The van der Waals surface area contributed by atoms with Gasteiger partial charge in [0.15, 0.2) is 0 Å². The molecule has 0 unspecified atom stereocenters. The maximum absolute atomic E-state index is 13.0. The van der Waals surface area contributed by atoms with Crippen molar-refractivity contribution >= 4 is 33.1 Å². The van der Waals surface area contributed by atoms with Crippen LogP contribution < -0.4 is 0 Å². The van der Waals surface area contributed by atoms with Crippen molar-refractivity contribution in [2.45, 2.75) is 0 Å². The Balaban J connectivity index is 1.47. The highest BCUT2D eigenvalue weighted by Gasteiger charge is 2.14. The Hall–Kier alpha value is -4.92. The summed E-state index contributed by atoms with van der Waals surface area (Å²) < 4.78 is 0. The van der Waals surface area contributed by atoms with Gasteiger partial charge in [-0.2, -0.15) is 0 Å². The van der Waals surface area contributed by atoms with E-state index in [-0.39, 0.29) is 11.1 Å². The van der Waals surface area contributed by atoms with E-state index in [1.165, 1.54) is 0 Å². The van der Waals surface area contributed by atoms with E-state index in [2.05, 4.69) is 23.7 Å². The van der Waals surface area contributed by atoms with Gasteiger partial charge in [-0.3, -0.25) is 9.59 Å². The SMILES string of the molecule is O=C(C#Cc1cccc2ccccc12)c1ccccc1C(=O)C#Cc1cccc2ccccc12. The molecule has 0 N–H and O–H groups in total. The standard InChI is InChI=1S/C32H18O2/c33-31(21-19-25-13-7-11-23-9-1-3-15-27(23)25)29-17-5-6-18-30(29)32(34)22-20-26-14-8-12-24-10-2-4-16-28(24)26/h1-18H. The summed E-state index contributed by atoms with van der Waals surface area (Å²) in [7, 11) is 0. The van der Waals surface area contributed by atoms with Crippen molar-refractivity contribution in [3.63, 3.8) is 0 Å². The Morgan fingerprint density at radius 2 is 0.824 bits per heavy atom. The fourth-order valence-corrected chi connectivity index (χ4v) is 3.93. The molecular weight excluding hydrogens is 416 g/mol. The predicted molar refractivity (Wildman–Crippen MR) is 137 cm³/mol. The molecule has 34 heavy (non-hydrogen) atoms. The van der Waals surface area contributed by atoms with E-state index in [9.17, 15) is 9.59 Å². The summed E-state index contributed by atoms with van der Waals surface area (Å²) in [5.74, 6) is 10.6. The molecule has 2 nitrogen and oxygen atoms in total. The molecule has 5 aromatic carbocycles. The maximum Gasteiger partial charge on any atom is 0.237 e. The Morgan fingerprint density at radius 3 is 1.29 bits per heavy atom. The fraction of sp³-hybridized carbons (Fsp3) is 0. The molecule has 0 heterocycles. The number of fused-ring (bicyclic) bond motifs is 2. The molecule has 0 aliphatic carbocycles. The number of benzene rings is 5. The van der Waals surface area contributed by atoms with E-state index in [1.54, 1.807) is 24.3 Å². The number of ketones is 2. The van der Waals surface area contributed by atoms with Crippen LogP contribution >= 0.6 is 0 Å². The minimum Gasteiger partial charge on any atom is -0.279 e. The second kappa shape index (κ2) is 9.29. The Kier molecular flexibility index (Phi) is 5.73. The topological polar surface area (TPSA) is 34.1 Å². The van der Waals surface area contributed by atoms with Gasteiger partial charge in [0.25, 0.3) is 0 Å². The molecular formula is C32H18O2. The van der Waals surface area contributed by atoms with Crippen molar-refractivity contribution in [1.29, 1.82) is 0 Å². The summed E-state index contributed by atoms with van der Waals surface area (Å²) in [4.78, 5) is 25.9. The van der Waals surface area contributed by atoms with Crippen molar-refractivity contribution in [3.8, 4) is 23.7 Å². The predicted octanol–water partition coefficient (Wildman–Crippen LogP) is 6.46. The molecule has 5 rings (SSSR count). The number of hydrogen-bond donors (Lipinski definition) is 0. The fourth-order valence-electron chi connectivity index (χ4n) is 3.93. The quantitative estimate of drug-likeness (QED) is 0.236. The summed E-state index contributed by atoms with van der Waals surface area (Å²) in [5, 5.41) is 4.08. The molecule has 5 aromatic rings. The van der Waals surface area contributed by atoms with Crippen LogP contribution in [0.2, 0.25) is 0 Å². The van der Waals surface area contributed by atoms with E-state index in [1.807, 2.05) is 84.9 Å². The van der Waals surface area contributed by atoms with Crippen molar-refractivity contribution in [2.75, 3.05) is 0 Å². The third-order valence-corrected chi connectivity index (χ3v) is 5.62. The van der Waals surface area contributed by atoms with Crippen molar-refractivity contribution in [1.82, 2.24) is 0 Å². The zero-order valence-electron chi connectivity index (χ0n) is 18.2. The molecule has 158 valence electrons. The van der Waals surface area contributed by atoms with Gasteiger partial charge in [0, 0.05) is 22.3 Å². The number of Topliss-reactive ketones (excluding diaryl/α,β-unsaturated/α-hetero) is 2. The molecule has 0 amide bonds. The lowest BCUT2D eigenvalue weighted by Crippen LogP contribution is -2.06. The monoisotopic (exact) mass is 434 g/mol. The van der Waals surface area contributed by atoms with Crippen molar-refractivity contribution < 1.29 is 9.59 Å². The third kappa shape index (κ3) is 4.22. The summed E-state index contributed by atoms with van der Waals surface area (Å²) in [6.07, 6.45) is 0. The highest BCUT2D eigenvalue weighted by atomic mass is 16.1. The summed E-state index contributed by atoms with van der Waals surface area (Å²) >= 11 is 0. The van der Waals surface area contributed by atoms with Gasteiger partial charge < -0.3 is 0 Å². The van der Waals surface area contributed by atoms with Crippen LogP contribution in [0.3, 0.4) is 0 Å². The van der Waals surface area contributed by atoms with Crippen molar-refractivity contribution in [2.24, 2.45) is 0 Å². The first-order valence-electron chi connectivity index (χ1n) is 10.9. The zero-order chi connectivity index (χ0) is 23.3. The Morgan fingerprint density at radius 1 is 0.441 bits per heavy atom. The van der Waals surface area contributed by atoms with Gasteiger partial charge in [-0.15, -0.1) is 0 Å². The molecule has 0 saturated carbocycles. The summed E-state index contributed by atoms with van der Waals surface area (Å²) in [5.41, 5.74) is 2.05. The molecule has 0 radical (unpaired) electrons. The largest absolute Gasteiger partial charge is 0.279 e. The minimum atomic E-state index is -0.413.